The van der Waals surface area contributed by atoms with E-state index in [9.17, 15) is 14.9 Å². The van der Waals surface area contributed by atoms with E-state index < -0.39 is 4.92 Å². The zero-order valence-electron chi connectivity index (χ0n) is 9.28. The van der Waals surface area contributed by atoms with Gasteiger partial charge in [-0.05, 0) is 17.3 Å². The number of hydrogen-bond acceptors (Lipinski definition) is 6. The quantitative estimate of drug-likeness (QED) is 0.652. The van der Waals surface area contributed by atoms with Crippen molar-refractivity contribution >= 4 is 17.5 Å². The number of benzene rings is 1. The van der Waals surface area contributed by atoms with Gasteiger partial charge in [0.05, 0.1) is 4.92 Å². The van der Waals surface area contributed by atoms with Crippen molar-refractivity contribution in [2.24, 2.45) is 0 Å². The Hall–Kier alpha value is -2.77. The Morgan fingerprint density at radius 2 is 2.06 bits per heavy atom. The Labute approximate surface area is 101 Å². The molecule has 1 aromatic carbocycles. The summed E-state index contributed by atoms with van der Waals surface area (Å²) < 4.78 is 4.91. The molecule has 92 valence electrons. The number of nitro benzene ring substituents is 1. The highest BCUT2D eigenvalue weighted by molar-refractivity contribution is 5.86. The molecule has 1 N–H and O–H groups in total. The van der Waals surface area contributed by atoms with Crippen molar-refractivity contribution in [1.82, 2.24) is 10.1 Å². The van der Waals surface area contributed by atoms with Crippen LogP contribution in [-0.4, -0.2) is 21.0 Å². The highest BCUT2D eigenvalue weighted by atomic mass is 16.6. The molecule has 18 heavy (non-hydrogen) atoms. The van der Waals surface area contributed by atoms with Crippen molar-refractivity contribution < 1.29 is 14.2 Å². The van der Waals surface area contributed by atoms with E-state index in [1.165, 1.54) is 31.2 Å². The summed E-state index contributed by atoms with van der Waals surface area (Å²) >= 11 is 0. The van der Waals surface area contributed by atoms with Gasteiger partial charge in [-0.1, -0.05) is 0 Å². The van der Waals surface area contributed by atoms with Gasteiger partial charge in [-0.25, -0.2) is 0 Å². The average molecular weight is 248 g/mol. The number of hydrogen-bond donors (Lipinski definition) is 1. The molecular weight excluding hydrogens is 240 g/mol. The Morgan fingerprint density at radius 3 is 2.61 bits per heavy atom. The summed E-state index contributed by atoms with van der Waals surface area (Å²) in [5.74, 6) is -0.0875. The Kier molecular flexibility index (Phi) is 3.00. The second-order valence-corrected chi connectivity index (χ2v) is 3.41. The minimum atomic E-state index is -0.500. The molecule has 0 aliphatic heterocycles. The third-order valence-electron chi connectivity index (χ3n) is 2.04. The second-order valence-electron chi connectivity index (χ2n) is 3.41. The van der Waals surface area contributed by atoms with E-state index in [1.54, 1.807) is 0 Å². The van der Waals surface area contributed by atoms with E-state index in [1.807, 2.05) is 0 Å². The largest absolute Gasteiger partial charge is 0.332 e. The van der Waals surface area contributed by atoms with Crippen molar-refractivity contribution in [3.05, 3.63) is 34.4 Å². The number of nitrogens with one attached hydrogen (secondary N) is 1. The highest BCUT2D eigenvalue weighted by Gasteiger charge is 2.11. The van der Waals surface area contributed by atoms with Crippen molar-refractivity contribution in [3.63, 3.8) is 0 Å². The highest BCUT2D eigenvalue weighted by Crippen LogP contribution is 2.21. The van der Waals surface area contributed by atoms with E-state index >= 15 is 0 Å². The lowest BCUT2D eigenvalue weighted by Gasteiger charge is -1.93. The van der Waals surface area contributed by atoms with Crippen molar-refractivity contribution in [2.75, 3.05) is 5.32 Å². The molecule has 1 amide bonds. The van der Waals surface area contributed by atoms with Crippen LogP contribution in [0.25, 0.3) is 11.5 Å². The fourth-order valence-electron chi connectivity index (χ4n) is 1.27. The average Bonchev–Trinajstić information content (AvgIpc) is 2.76. The van der Waals surface area contributed by atoms with Crippen LogP contribution in [0.4, 0.5) is 11.6 Å². The lowest BCUT2D eigenvalue weighted by molar-refractivity contribution is -0.384. The van der Waals surface area contributed by atoms with Gasteiger partial charge in [0, 0.05) is 24.6 Å². The third-order valence-corrected chi connectivity index (χ3v) is 2.04. The van der Waals surface area contributed by atoms with Gasteiger partial charge in [-0.2, -0.15) is 4.98 Å². The number of nitro groups is 1. The molecular formula is C10H8N4O4. The normalized spacial score (nSPS) is 10.1. The molecule has 1 aromatic heterocycles. The van der Waals surface area contributed by atoms with Crippen molar-refractivity contribution in [3.8, 4) is 11.5 Å². The standard InChI is InChI=1S/C10H8N4O4/c1-6(15)11-10-12-9(18-13-10)7-2-4-8(5-3-7)14(16)17/h2-5H,1H3,(H,11,13,15). The zero-order chi connectivity index (χ0) is 13.1. The summed E-state index contributed by atoms with van der Waals surface area (Å²) in [7, 11) is 0. The topological polar surface area (TPSA) is 111 Å². The molecule has 0 radical (unpaired) electrons. The smallest absolute Gasteiger partial charge is 0.270 e. The summed E-state index contributed by atoms with van der Waals surface area (Å²) in [6.45, 7) is 1.32. The molecule has 0 bridgehead atoms. The van der Waals surface area contributed by atoms with Crippen LogP contribution in [0.1, 0.15) is 6.92 Å². The summed E-state index contributed by atoms with van der Waals surface area (Å²) in [6.07, 6.45) is 0. The first-order valence-electron chi connectivity index (χ1n) is 4.92. The maximum atomic E-state index is 10.8. The van der Waals surface area contributed by atoms with E-state index in [0.29, 0.717) is 5.56 Å². The summed E-state index contributed by atoms with van der Waals surface area (Å²) in [4.78, 5) is 24.7. The molecule has 0 saturated heterocycles. The number of non-ortho nitro benzene ring substituents is 1. The Bertz CT molecular complexity index is 590. The molecule has 0 fully saturated rings. The molecule has 2 aromatic rings. The van der Waals surface area contributed by atoms with Gasteiger partial charge >= 0.3 is 0 Å². The summed E-state index contributed by atoms with van der Waals surface area (Å²) in [5.41, 5.74) is 0.505. The number of carbonyl (C=O) groups excluding carboxylic acids is 1. The molecule has 0 unspecified atom stereocenters. The van der Waals surface area contributed by atoms with Gasteiger partial charge in [0.1, 0.15) is 0 Å². The predicted molar refractivity (Wildman–Crippen MR) is 60.7 cm³/mol. The number of aromatic nitrogens is 2. The number of rotatable bonds is 3. The lowest BCUT2D eigenvalue weighted by Crippen LogP contribution is -2.06. The maximum Gasteiger partial charge on any atom is 0.270 e. The SMILES string of the molecule is CC(=O)Nc1noc(-c2ccc([N+](=O)[O-])cc2)n1. The van der Waals surface area contributed by atoms with Crippen LogP contribution in [0.5, 0.6) is 0 Å². The molecule has 8 nitrogen and oxygen atoms in total. The van der Waals surface area contributed by atoms with Crippen LogP contribution in [0.3, 0.4) is 0 Å². The lowest BCUT2D eigenvalue weighted by atomic mass is 10.2. The van der Waals surface area contributed by atoms with Gasteiger partial charge < -0.3 is 4.52 Å². The Morgan fingerprint density at radius 1 is 1.39 bits per heavy atom. The van der Waals surface area contributed by atoms with Crippen LogP contribution in [0, 0.1) is 10.1 Å². The minimum absolute atomic E-state index is 0.0275. The third kappa shape index (κ3) is 2.48. The first-order valence-corrected chi connectivity index (χ1v) is 4.92. The number of amides is 1. The van der Waals surface area contributed by atoms with Gasteiger partial charge in [0.25, 0.3) is 17.5 Å². The molecule has 0 spiro atoms. The van der Waals surface area contributed by atoms with E-state index in [0.717, 1.165) is 0 Å². The van der Waals surface area contributed by atoms with E-state index in [-0.39, 0.29) is 23.4 Å². The van der Waals surface area contributed by atoms with Crippen molar-refractivity contribution in [1.29, 1.82) is 0 Å². The number of carbonyl (C=O) groups is 1. The van der Waals surface area contributed by atoms with Crippen LogP contribution < -0.4 is 5.32 Å². The van der Waals surface area contributed by atoms with Gasteiger partial charge in [-0.3, -0.25) is 20.2 Å². The minimum Gasteiger partial charge on any atom is -0.332 e. The van der Waals surface area contributed by atoms with Crippen molar-refractivity contribution in [2.45, 2.75) is 6.92 Å². The Balaban J connectivity index is 2.23. The molecule has 0 aliphatic carbocycles. The van der Waals surface area contributed by atoms with Crippen LogP contribution in [0.2, 0.25) is 0 Å². The summed E-state index contributed by atoms with van der Waals surface area (Å²) in [5, 5.41) is 16.4. The number of nitrogens with zero attached hydrogens (tertiary/aromatic N) is 3. The molecule has 1 heterocycles. The van der Waals surface area contributed by atoms with E-state index in [4.69, 9.17) is 4.52 Å². The monoisotopic (exact) mass is 248 g/mol. The predicted octanol–water partition coefficient (Wildman–Crippen LogP) is 1.60. The van der Waals surface area contributed by atoms with Gasteiger partial charge in [0.2, 0.25) is 5.91 Å². The first-order chi connectivity index (χ1) is 8.56. The second kappa shape index (κ2) is 4.62. The zero-order valence-corrected chi connectivity index (χ0v) is 9.28. The first kappa shape index (κ1) is 11.7. The number of anilines is 1. The maximum absolute atomic E-state index is 10.8. The van der Waals surface area contributed by atoms with Gasteiger partial charge in [0.15, 0.2) is 0 Å². The summed E-state index contributed by atoms with van der Waals surface area (Å²) in [6, 6.07) is 5.64. The van der Waals surface area contributed by atoms with Crippen LogP contribution in [-0.2, 0) is 4.79 Å². The molecule has 2 rings (SSSR count). The molecule has 0 atom stereocenters. The van der Waals surface area contributed by atoms with E-state index in [2.05, 4.69) is 15.5 Å². The van der Waals surface area contributed by atoms with Gasteiger partial charge in [-0.15, -0.1) is 0 Å². The fraction of sp³-hybridized carbons (Fsp3) is 0.100. The molecule has 0 saturated carbocycles. The molecule has 0 aliphatic rings. The van der Waals surface area contributed by atoms with Crippen LogP contribution in [0.15, 0.2) is 28.8 Å². The molecule has 8 heteroatoms. The fourth-order valence-corrected chi connectivity index (χ4v) is 1.27. The van der Waals surface area contributed by atoms with Crippen LogP contribution >= 0.6 is 0 Å².